The minimum absolute atomic E-state index is 0.256. The van der Waals surface area contributed by atoms with E-state index in [1.807, 2.05) is 25.1 Å². The maximum absolute atomic E-state index is 12.0. The lowest BCUT2D eigenvalue weighted by Gasteiger charge is -2.04. The SMILES string of the molecule is Cc1cccc(Cc2cnc(NC(=O)c3cnccn3)s2)c1Cl. The van der Waals surface area contributed by atoms with Gasteiger partial charge < -0.3 is 0 Å². The van der Waals surface area contributed by atoms with Gasteiger partial charge in [-0.15, -0.1) is 11.3 Å². The normalized spacial score (nSPS) is 10.5. The molecule has 1 amide bonds. The summed E-state index contributed by atoms with van der Waals surface area (Å²) in [6, 6.07) is 5.95. The zero-order chi connectivity index (χ0) is 16.2. The first-order valence-corrected chi connectivity index (χ1v) is 8.09. The summed E-state index contributed by atoms with van der Waals surface area (Å²) in [5, 5.41) is 4.02. The van der Waals surface area contributed by atoms with Gasteiger partial charge in [0.1, 0.15) is 5.69 Å². The molecule has 23 heavy (non-hydrogen) atoms. The van der Waals surface area contributed by atoms with Crippen molar-refractivity contribution < 1.29 is 4.79 Å². The molecule has 1 N–H and O–H groups in total. The molecule has 0 unspecified atom stereocenters. The number of carbonyl (C=O) groups excluding carboxylic acids is 1. The van der Waals surface area contributed by atoms with Gasteiger partial charge in [0.15, 0.2) is 5.13 Å². The Bertz CT molecular complexity index is 835. The predicted octanol–water partition coefficient (Wildman–Crippen LogP) is 3.74. The maximum atomic E-state index is 12.0. The molecule has 116 valence electrons. The summed E-state index contributed by atoms with van der Waals surface area (Å²) in [7, 11) is 0. The minimum Gasteiger partial charge on any atom is -0.296 e. The maximum Gasteiger partial charge on any atom is 0.277 e. The summed E-state index contributed by atoms with van der Waals surface area (Å²) in [6.07, 6.45) is 6.83. The van der Waals surface area contributed by atoms with Crippen molar-refractivity contribution >= 4 is 34.0 Å². The van der Waals surface area contributed by atoms with Crippen LogP contribution in [0.15, 0.2) is 43.0 Å². The molecule has 3 rings (SSSR count). The first-order chi connectivity index (χ1) is 11.1. The quantitative estimate of drug-likeness (QED) is 0.782. The van der Waals surface area contributed by atoms with Crippen LogP contribution in [0.1, 0.15) is 26.5 Å². The molecule has 0 bridgehead atoms. The first-order valence-electron chi connectivity index (χ1n) is 6.89. The fraction of sp³-hybridized carbons (Fsp3) is 0.125. The molecule has 0 saturated carbocycles. The van der Waals surface area contributed by atoms with Crippen LogP contribution in [0.3, 0.4) is 0 Å². The van der Waals surface area contributed by atoms with Crippen molar-refractivity contribution in [2.45, 2.75) is 13.3 Å². The molecule has 0 spiro atoms. The highest BCUT2D eigenvalue weighted by atomic mass is 35.5. The fourth-order valence-electron chi connectivity index (χ4n) is 2.06. The molecule has 3 aromatic rings. The van der Waals surface area contributed by atoms with Gasteiger partial charge in [-0.2, -0.15) is 0 Å². The van der Waals surface area contributed by atoms with E-state index in [1.54, 1.807) is 6.20 Å². The highest BCUT2D eigenvalue weighted by Crippen LogP contribution is 2.26. The largest absolute Gasteiger partial charge is 0.296 e. The number of nitrogens with zero attached hydrogens (tertiary/aromatic N) is 3. The van der Waals surface area contributed by atoms with E-state index in [2.05, 4.69) is 20.3 Å². The van der Waals surface area contributed by atoms with Gasteiger partial charge in [-0.1, -0.05) is 29.8 Å². The van der Waals surface area contributed by atoms with Gasteiger partial charge in [0.05, 0.1) is 6.20 Å². The highest BCUT2D eigenvalue weighted by Gasteiger charge is 2.11. The van der Waals surface area contributed by atoms with Crippen molar-refractivity contribution in [1.82, 2.24) is 15.0 Å². The number of anilines is 1. The van der Waals surface area contributed by atoms with Crippen LogP contribution in [0.5, 0.6) is 0 Å². The zero-order valence-electron chi connectivity index (χ0n) is 12.3. The second kappa shape index (κ2) is 6.85. The Morgan fingerprint density at radius 3 is 2.91 bits per heavy atom. The number of carbonyl (C=O) groups is 1. The second-order valence-corrected chi connectivity index (χ2v) is 6.39. The van der Waals surface area contributed by atoms with E-state index in [9.17, 15) is 4.79 Å². The molecule has 7 heteroatoms. The number of aryl methyl sites for hydroxylation is 1. The Morgan fingerprint density at radius 1 is 1.26 bits per heavy atom. The molecule has 0 radical (unpaired) electrons. The Kier molecular flexibility index (Phi) is 4.64. The van der Waals surface area contributed by atoms with Crippen molar-refractivity contribution in [2.24, 2.45) is 0 Å². The Hall–Kier alpha value is -2.31. The summed E-state index contributed by atoms with van der Waals surface area (Å²) < 4.78 is 0. The summed E-state index contributed by atoms with van der Waals surface area (Å²) in [4.78, 5) is 25.1. The van der Waals surface area contributed by atoms with Crippen LogP contribution in [0, 0.1) is 6.92 Å². The van der Waals surface area contributed by atoms with Gasteiger partial charge in [-0.25, -0.2) is 9.97 Å². The number of thiazole rings is 1. The van der Waals surface area contributed by atoms with Crippen molar-refractivity contribution in [3.05, 3.63) is 69.7 Å². The van der Waals surface area contributed by atoms with Gasteiger partial charge in [-0.3, -0.25) is 15.1 Å². The van der Waals surface area contributed by atoms with E-state index in [0.717, 1.165) is 21.0 Å². The van der Waals surface area contributed by atoms with E-state index in [1.165, 1.54) is 29.9 Å². The van der Waals surface area contributed by atoms with Crippen LogP contribution in [0.25, 0.3) is 0 Å². The van der Waals surface area contributed by atoms with E-state index >= 15 is 0 Å². The molecule has 0 aliphatic carbocycles. The van der Waals surface area contributed by atoms with E-state index in [4.69, 9.17) is 11.6 Å². The highest BCUT2D eigenvalue weighted by molar-refractivity contribution is 7.15. The second-order valence-electron chi connectivity index (χ2n) is 4.90. The topological polar surface area (TPSA) is 67.8 Å². The number of aromatic nitrogens is 3. The van der Waals surface area contributed by atoms with Crippen molar-refractivity contribution in [2.75, 3.05) is 5.32 Å². The smallest absolute Gasteiger partial charge is 0.277 e. The third kappa shape index (κ3) is 3.72. The number of rotatable bonds is 4. The van der Waals surface area contributed by atoms with Crippen molar-refractivity contribution in [3.63, 3.8) is 0 Å². The number of amides is 1. The molecule has 0 atom stereocenters. The molecule has 0 fully saturated rings. The summed E-state index contributed by atoms with van der Waals surface area (Å²) >= 11 is 7.73. The van der Waals surface area contributed by atoms with Gasteiger partial charge in [0.2, 0.25) is 0 Å². The Labute approximate surface area is 142 Å². The monoisotopic (exact) mass is 344 g/mol. The fourth-order valence-corrected chi connectivity index (χ4v) is 3.08. The number of hydrogen-bond donors (Lipinski definition) is 1. The van der Waals surface area contributed by atoms with Gasteiger partial charge in [-0.05, 0) is 18.1 Å². The van der Waals surface area contributed by atoms with Crippen LogP contribution in [-0.4, -0.2) is 20.9 Å². The minimum atomic E-state index is -0.326. The molecule has 1 aromatic carbocycles. The number of nitrogens with one attached hydrogen (secondary N) is 1. The van der Waals surface area contributed by atoms with Crippen molar-refractivity contribution in [1.29, 1.82) is 0 Å². The van der Waals surface area contributed by atoms with Gasteiger partial charge >= 0.3 is 0 Å². The third-order valence-electron chi connectivity index (χ3n) is 3.21. The molecule has 2 aromatic heterocycles. The molecule has 2 heterocycles. The number of benzene rings is 1. The van der Waals surface area contributed by atoms with Crippen LogP contribution < -0.4 is 5.32 Å². The van der Waals surface area contributed by atoms with Crippen LogP contribution in [0.2, 0.25) is 5.02 Å². The summed E-state index contributed by atoms with van der Waals surface area (Å²) in [6.45, 7) is 1.98. The van der Waals surface area contributed by atoms with Crippen LogP contribution >= 0.6 is 22.9 Å². The first kappa shape index (κ1) is 15.6. The molecular weight excluding hydrogens is 332 g/mol. The average Bonchev–Trinajstić information content (AvgIpc) is 3.00. The molecule has 0 aliphatic rings. The lowest BCUT2D eigenvalue weighted by molar-refractivity contribution is 0.102. The van der Waals surface area contributed by atoms with Crippen molar-refractivity contribution in [3.8, 4) is 0 Å². The third-order valence-corrected chi connectivity index (χ3v) is 4.66. The lowest BCUT2D eigenvalue weighted by atomic mass is 10.1. The Morgan fingerprint density at radius 2 is 2.13 bits per heavy atom. The summed E-state index contributed by atoms with van der Waals surface area (Å²) in [5.74, 6) is -0.326. The molecule has 5 nitrogen and oxygen atoms in total. The molecular formula is C16H13ClN4OS. The van der Waals surface area contributed by atoms with Crippen LogP contribution in [0.4, 0.5) is 5.13 Å². The summed E-state index contributed by atoms with van der Waals surface area (Å²) in [5.41, 5.74) is 2.35. The average molecular weight is 345 g/mol. The lowest BCUT2D eigenvalue weighted by Crippen LogP contribution is -2.13. The molecule has 0 saturated heterocycles. The van der Waals surface area contributed by atoms with E-state index < -0.39 is 0 Å². The van der Waals surface area contributed by atoms with E-state index in [0.29, 0.717) is 11.6 Å². The van der Waals surface area contributed by atoms with Gasteiger partial charge in [0.25, 0.3) is 5.91 Å². The number of halogens is 1. The standard InChI is InChI=1S/C16H13ClN4OS/c1-10-3-2-4-11(14(10)17)7-12-8-20-16(23-12)21-15(22)13-9-18-5-6-19-13/h2-6,8-9H,7H2,1H3,(H,20,21,22). The zero-order valence-corrected chi connectivity index (χ0v) is 13.9. The molecule has 0 aliphatic heterocycles. The predicted molar refractivity (Wildman–Crippen MR) is 91.1 cm³/mol. The Balaban J connectivity index is 1.71. The van der Waals surface area contributed by atoms with Gasteiger partial charge in [0, 0.05) is 34.9 Å². The van der Waals surface area contributed by atoms with Crippen LogP contribution in [-0.2, 0) is 6.42 Å². The number of hydrogen-bond acceptors (Lipinski definition) is 5. The van der Waals surface area contributed by atoms with E-state index in [-0.39, 0.29) is 11.6 Å².